The molecule has 1 aliphatic rings. The van der Waals surface area contributed by atoms with Crippen LogP contribution in [-0.4, -0.2) is 48.9 Å². The van der Waals surface area contributed by atoms with Gasteiger partial charge >= 0.3 is 0 Å². The van der Waals surface area contributed by atoms with Crippen molar-refractivity contribution >= 4 is 5.71 Å². The third kappa shape index (κ3) is 2.79. The average molecular weight is 219 g/mol. The van der Waals surface area contributed by atoms with Gasteiger partial charge in [0.05, 0.1) is 38.9 Å². The lowest BCUT2D eigenvalue weighted by molar-refractivity contribution is -0.884. The van der Waals surface area contributed by atoms with Crippen molar-refractivity contribution < 1.29 is 4.90 Å². The predicted molar refractivity (Wildman–Crippen MR) is 64.6 cm³/mol. The van der Waals surface area contributed by atoms with Crippen LogP contribution < -0.4 is 4.90 Å². The highest BCUT2D eigenvalue weighted by Gasteiger charge is 2.14. The number of pyridine rings is 1. The quantitative estimate of drug-likeness (QED) is 0.689. The summed E-state index contributed by atoms with van der Waals surface area (Å²) in [6.45, 7) is 6.50. The van der Waals surface area contributed by atoms with Crippen molar-refractivity contribution in [2.24, 2.45) is 5.10 Å². The second-order valence-electron chi connectivity index (χ2n) is 4.33. The van der Waals surface area contributed by atoms with Crippen LogP contribution in [-0.2, 0) is 0 Å². The Labute approximate surface area is 96.6 Å². The Bertz CT molecular complexity index is 353. The molecule has 4 nitrogen and oxygen atoms in total. The number of aromatic nitrogens is 1. The largest absolute Gasteiger partial charge is 0.334 e. The Balaban J connectivity index is 2.02. The smallest absolute Gasteiger partial charge is 0.0964 e. The van der Waals surface area contributed by atoms with Crippen molar-refractivity contribution in [1.29, 1.82) is 0 Å². The number of likely N-dealkylation sites (N-methyl/N-ethyl adjacent to an activating group) is 1. The van der Waals surface area contributed by atoms with E-state index in [1.165, 1.54) is 13.1 Å². The topological polar surface area (TPSA) is 32.9 Å². The van der Waals surface area contributed by atoms with Gasteiger partial charge in [-0.1, -0.05) is 0 Å². The normalized spacial score (nSPS) is 18.9. The van der Waals surface area contributed by atoms with Gasteiger partial charge in [-0.2, -0.15) is 5.10 Å². The van der Waals surface area contributed by atoms with Crippen LogP contribution in [0.1, 0.15) is 12.5 Å². The summed E-state index contributed by atoms with van der Waals surface area (Å²) in [5.41, 5.74) is 2.23. The third-order valence-corrected chi connectivity index (χ3v) is 2.98. The summed E-state index contributed by atoms with van der Waals surface area (Å²) in [6, 6.07) is 4.00. The maximum Gasteiger partial charge on any atom is 0.0964 e. The van der Waals surface area contributed by atoms with Crippen molar-refractivity contribution in [3.8, 4) is 0 Å². The van der Waals surface area contributed by atoms with Crippen LogP contribution in [0, 0.1) is 0 Å². The van der Waals surface area contributed by atoms with Gasteiger partial charge < -0.3 is 4.90 Å². The Morgan fingerprint density at radius 3 is 2.56 bits per heavy atom. The molecule has 0 radical (unpaired) electrons. The van der Waals surface area contributed by atoms with E-state index in [4.69, 9.17) is 0 Å². The summed E-state index contributed by atoms with van der Waals surface area (Å²) in [7, 11) is 2.23. The van der Waals surface area contributed by atoms with E-state index in [1.807, 2.05) is 24.5 Å². The van der Waals surface area contributed by atoms with Crippen LogP contribution in [0.5, 0.6) is 0 Å². The predicted octanol–water partition coefficient (Wildman–Crippen LogP) is -0.364. The number of nitrogens with zero attached hydrogens (tertiary/aromatic N) is 3. The Hall–Kier alpha value is -1.42. The van der Waals surface area contributed by atoms with E-state index < -0.39 is 0 Å². The lowest BCUT2D eigenvalue weighted by atomic mass is 10.2. The second kappa shape index (κ2) is 5.07. The van der Waals surface area contributed by atoms with E-state index in [-0.39, 0.29) is 0 Å². The minimum atomic E-state index is 1.05. The van der Waals surface area contributed by atoms with Gasteiger partial charge in [-0.15, -0.1) is 0 Å². The maximum absolute atomic E-state index is 4.65. The number of quaternary nitrogens is 1. The zero-order valence-corrected chi connectivity index (χ0v) is 9.98. The second-order valence-corrected chi connectivity index (χ2v) is 4.33. The molecule has 86 valence electrons. The molecule has 0 aromatic carbocycles. The number of hydrogen-bond acceptors (Lipinski definition) is 3. The van der Waals surface area contributed by atoms with Crippen LogP contribution in [0.3, 0.4) is 0 Å². The van der Waals surface area contributed by atoms with E-state index in [1.54, 1.807) is 4.90 Å². The first-order valence-electron chi connectivity index (χ1n) is 5.77. The Kier molecular flexibility index (Phi) is 3.51. The summed E-state index contributed by atoms with van der Waals surface area (Å²) in [4.78, 5) is 5.60. The fourth-order valence-electron chi connectivity index (χ4n) is 1.84. The van der Waals surface area contributed by atoms with Crippen molar-refractivity contribution in [1.82, 2.24) is 9.99 Å². The number of hydrazone groups is 1. The summed E-state index contributed by atoms with van der Waals surface area (Å²) in [5.74, 6) is 0. The molecule has 0 atom stereocenters. The molecule has 2 heterocycles. The van der Waals surface area contributed by atoms with Crippen LogP contribution in [0.25, 0.3) is 0 Å². The number of nitrogens with one attached hydrogen (secondary N) is 1. The van der Waals surface area contributed by atoms with Gasteiger partial charge in [-0.05, 0) is 19.1 Å². The standard InChI is InChI=1S/C12H18N4/c1-11(12-3-5-13-6-4-12)14-16-9-7-15(2)8-10-16/h3-6H,7-10H2,1-2H3/p+1/b14-11-. The SMILES string of the molecule is C/C(=N/N1CC[NH+](C)CC1)c1ccncc1. The molecule has 0 saturated carbocycles. The summed E-state index contributed by atoms with van der Waals surface area (Å²) in [5, 5.41) is 6.82. The van der Waals surface area contributed by atoms with Crippen molar-refractivity contribution in [3.63, 3.8) is 0 Å². The van der Waals surface area contributed by atoms with Gasteiger partial charge in [-0.25, -0.2) is 0 Å². The van der Waals surface area contributed by atoms with Gasteiger partial charge in [0.2, 0.25) is 0 Å². The molecular formula is C12H19N4+. The molecule has 0 spiro atoms. The zero-order valence-electron chi connectivity index (χ0n) is 9.98. The zero-order chi connectivity index (χ0) is 11.4. The molecule has 1 fully saturated rings. The van der Waals surface area contributed by atoms with Crippen molar-refractivity contribution in [2.45, 2.75) is 6.92 Å². The molecule has 1 N–H and O–H groups in total. The maximum atomic E-state index is 4.65. The van der Waals surface area contributed by atoms with Gasteiger partial charge in [0.1, 0.15) is 0 Å². The highest BCUT2D eigenvalue weighted by atomic mass is 15.5. The summed E-state index contributed by atoms with van der Waals surface area (Å²) < 4.78 is 0. The molecule has 1 aliphatic heterocycles. The Morgan fingerprint density at radius 1 is 1.31 bits per heavy atom. The van der Waals surface area contributed by atoms with Crippen LogP contribution in [0.15, 0.2) is 29.6 Å². The van der Waals surface area contributed by atoms with E-state index in [0.717, 1.165) is 24.4 Å². The van der Waals surface area contributed by atoms with Crippen LogP contribution in [0.4, 0.5) is 0 Å². The minimum absolute atomic E-state index is 1.05. The Morgan fingerprint density at radius 2 is 1.94 bits per heavy atom. The van der Waals surface area contributed by atoms with E-state index in [9.17, 15) is 0 Å². The minimum Gasteiger partial charge on any atom is -0.334 e. The lowest BCUT2D eigenvalue weighted by Gasteiger charge is -2.28. The average Bonchev–Trinajstić information content (AvgIpc) is 2.33. The van der Waals surface area contributed by atoms with Crippen molar-refractivity contribution in [3.05, 3.63) is 30.1 Å². The third-order valence-electron chi connectivity index (χ3n) is 2.98. The monoisotopic (exact) mass is 219 g/mol. The van der Waals surface area contributed by atoms with Crippen LogP contribution >= 0.6 is 0 Å². The first kappa shape index (κ1) is 11.1. The molecule has 0 amide bonds. The summed E-state index contributed by atoms with van der Waals surface area (Å²) in [6.07, 6.45) is 3.62. The van der Waals surface area contributed by atoms with Gasteiger partial charge in [0.25, 0.3) is 0 Å². The molecule has 1 saturated heterocycles. The molecule has 0 unspecified atom stereocenters. The molecule has 0 bridgehead atoms. The molecular weight excluding hydrogens is 200 g/mol. The lowest BCUT2D eigenvalue weighted by Crippen LogP contribution is -3.11. The first-order chi connectivity index (χ1) is 7.75. The molecule has 16 heavy (non-hydrogen) atoms. The number of piperazine rings is 1. The number of rotatable bonds is 2. The molecule has 4 heteroatoms. The van der Waals surface area contributed by atoms with E-state index in [2.05, 4.69) is 29.1 Å². The first-order valence-corrected chi connectivity index (χ1v) is 5.77. The van der Waals surface area contributed by atoms with Crippen LogP contribution in [0.2, 0.25) is 0 Å². The van der Waals surface area contributed by atoms with E-state index >= 15 is 0 Å². The van der Waals surface area contributed by atoms with E-state index in [0.29, 0.717) is 0 Å². The van der Waals surface area contributed by atoms with Crippen molar-refractivity contribution in [2.75, 3.05) is 33.2 Å². The fourth-order valence-corrected chi connectivity index (χ4v) is 1.84. The molecule has 2 rings (SSSR count). The molecule has 1 aromatic rings. The molecule has 0 aliphatic carbocycles. The molecule has 1 aromatic heterocycles. The highest BCUT2D eigenvalue weighted by Crippen LogP contribution is 2.01. The van der Waals surface area contributed by atoms with Gasteiger partial charge in [0, 0.05) is 18.0 Å². The fraction of sp³-hybridized carbons (Fsp3) is 0.500. The summed E-state index contributed by atoms with van der Waals surface area (Å²) >= 11 is 0. The van der Waals surface area contributed by atoms with Gasteiger partial charge in [0.15, 0.2) is 0 Å². The number of hydrogen-bond donors (Lipinski definition) is 1. The highest BCUT2D eigenvalue weighted by molar-refractivity contribution is 5.98. The van der Waals surface area contributed by atoms with Gasteiger partial charge in [-0.3, -0.25) is 9.99 Å².